The summed E-state index contributed by atoms with van der Waals surface area (Å²) in [7, 11) is 0. The largest absolute Gasteiger partial charge is 0.349 e. The average Bonchev–Trinajstić information content (AvgIpc) is 2.39. The van der Waals surface area contributed by atoms with Crippen molar-refractivity contribution in [1.29, 1.82) is 0 Å². The zero-order valence-electron chi connectivity index (χ0n) is 11.1. The van der Waals surface area contributed by atoms with Gasteiger partial charge in [0.25, 0.3) is 5.91 Å². The molecule has 2 aromatic carbocycles. The molecule has 104 valence electrons. The molecule has 0 aromatic heterocycles. The quantitative estimate of drug-likeness (QED) is 0.864. The third-order valence-corrected chi connectivity index (χ3v) is 3.68. The Morgan fingerprint density at radius 3 is 2.60 bits per heavy atom. The Morgan fingerprint density at radius 2 is 1.95 bits per heavy atom. The highest BCUT2D eigenvalue weighted by molar-refractivity contribution is 9.10. The summed E-state index contributed by atoms with van der Waals surface area (Å²) < 4.78 is 0.959. The van der Waals surface area contributed by atoms with E-state index in [4.69, 9.17) is 11.6 Å². The van der Waals surface area contributed by atoms with E-state index in [1.54, 1.807) is 12.1 Å². The van der Waals surface area contributed by atoms with Crippen molar-refractivity contribution in [3.8, 4) is 0 Å². The van der Waals surface area contributed by atoms with Crippen molar-refractivity contribution in [2.45, 2.75) is 19.4 Å². The van der Waals surface area contributed by atoms with Crippen molar-refractivity contribution in [2.24, 2.45) is 0 Å². The molecule has 0 bridgehead atoms. The molecule has 1 N–H and O–H groups in total. The van der Waals surface area contributed by atoms with Crippen LogP contribution in [0.4, 0.5) is 0 Å². The molecule has 20 heavy (non-hydrogen) atoms. The second-order valence-electron chi connectivity index (χ2n) is 4.72. The topological polar surface area (TPSA) is 29.1 Å². The van der Waals surface area contributed by atoms with Gasteiger partial charge < -0.3 is 5.32 Å². The highest BCUT2D eigenvalue weighted by Crippen LogP contribution is 2.13. The summed E-state index contributed by atoms with van der Waals surface area (Å²) in [5.74, 6) is -0.0629. The normalized spacial score (nSPS) is 11.9. The number of carbonyl (C=O) groups excluding carboxylic acids is 1. The van der Waals surface area contributed by atoms with E-state index in [1.165, 1.54) is 0 Å². The summed E-state index contributed by atoms with van der Waals surface area (Å²) in [5, 5.41) is 3.70. The maximum absolute atomic E-state index is 12.1. The van der Waals surface area contributed by atoms with Crippen molar-refractivity contribution in [3.63, 3.8) is 0 Å². The first-order valence-corrected chi connectivity index (χ1v) is 7.52. The fourth-order valence-electron chi connectivity index (χ4n) is 1.98. The number of carbonyl (C=O) groups is 1. The van der Waals surface area contributed by atoms with Gasteiger partial charge in [-0.05, 0) is 55.3 Å². The van der Waals surface area contributed by atoms with E-state index in [0.717, 1.165) is 16.5 Å². The molecule has 0 spiro atoms. The predicted molar refractivity (Wildman–Crippen MR) is 86.2 cm³/mol. The molecule has 2 aromatic rings. The van der Waals surface area contributed by atoms with Crippen LogP contribution in [0.5, 0.6) is 0 Å². The van der Waals surface area contributed by atoms with Crippen molar-refractivity contribution in [2.75, 3.05) is 0 Å². The van der Waals surface area contributed by atoms with Gasteiger partial charge in [-0.1, -0.05) is 39.7 Å². The first-order chi connectivity index (χ1) is 9.54. The maximum atomic E-state index is 12.1. The van der Waals surface area contributed by atoms with E-state index in [-0.39, 0.29) is 11.9 Å². The van der Waals surface area contributed by atoms with Crippen LogP contribution in [0.2, 0.25) is 5.02 Å². The molecule has 0 saturated carbocycles. The second-order valence-corrected chi connectivity index (χ2v) is 6.07. The predicted octanol–water partition coefficient (Wildman–Crippen LogP) is 4.46. The van der Waals surface area contributed by atoms with E-state index in [9.17, 15) is 4.79 Å². The fraction of sp³-hybridized carbons (Fsp3) is 0.188. The lowest BCUT2D eigenvalue weighted by Crippen LogP contribution is -2.34. The Morgan fingerprint density at radius 1 is 1.25 bits per heavy atom. The third-order valence-electron chi connectivity index (χ3n) is 2.91. The van der Waals surface area contributed by atoms with E-state index >= 15 is 0 Å². The Bertz CT molecular complexity index is 598. The molecule has 0 aliphatic carbocycles. The molecule has 0 aliphatic heterocycles. The lowest BCUT2D eigenvalue weighted by atomic mass is 10.1. The minimum absolute atomic E-state index is 0.0459. The molecule has 4 heteroatoms. The summed E-state index contributed by atoms with van der Waals surface area (Å²) >= 11 is 9.31. The summed E-state index contributed by atoms with van der Waals surface area (Å²) in [6.07, 6.45) is 0.753. The van der Waals surface area contributed by atoms with Gasteiger partial charge in [-0.3, -0.25) is 4.79 Å². The van der Waals surface area contributed by atoms with Gasteiger partial charge in [0, 0.05) is 21.1 Å². The average molecular weight is 353 g/mol. The van der Waals surface area contributed by atoms with E-state index in [1.807, 2.05) is 43.3 Å². The van der Waals surface area contributed by atoms with Gasteiger partial charge in [-0.25, -0.2) is 0 Å². The van der Waals surface area contributed by atoms with Crippen LogP contribution in [0.25, 0.3) is 0 Å². The smallest absolute Gasteiger partial charge is 0.251 e. The number of nitrogens with one attached hydrogen (secondary N) is 1. The number of benzene rings is 2. The van der Waals surface area contributed by atoms with Crippen molar-refractivity contribution in [1.82, 2.24) is 5.32 Å². The van der Waals surface area contributed by atoms with Crippen LogP contribution in [-0.2, 0) is 6.42 Å². The molecule has 1 atom stereocenters. The molecule has 0 saturated heterocycles. The number of halogens is 2. The third kappa shape index (κ3) is 4.36. The molecule has 0 aliphatic rings. The van der Waals surface area contributed by atoms with E-state index in [0.29, 0.717) is 10.6 Å². The summed E-state index contributed by atoms with van der Waals surface area (Å²) in [5.41, 5.74) is 1.77. The monoisotopic (exact) mass is 351 g/mol. The highest BCUT2D eigenvalue weighted by Gasteiger charge is 2.10. The van der Waals surface area contributed by atoms with Crippen LogP contribution in [0.1, 0.15) is 22.8 Å². The molecular formula is C16H15BrClNO. The lowest BCUT2D eigenvalue weighted by molar-refractivity contribution is 0.0940. The number of hydrogen-bond donors (Lipinski definition) is 1. The summed E-state index contributed by atoms with van der Waals surface area (Å²) in [6.45, 7) is 1.98. The van der Waals surface area contributed by atoms with Crippen LogP contribution in [0.3, 0.4) is 0 Å². The van der Waals surface area contributed by atoms with Crippen molar-refractivity contribution in [3.05, 3.63) is 69.2 Å². The minimum Gasteiger partial charge on any atom is -0.349 e. The Labute approximate surface area is 132 Å². The van der Waals surface area contributed by atoms with Gasteiger partial charge in [0.05, 0.1) is 0 Å². The van der Waals surface area contributed by atoms with Gasteiger partial charge >= 0.3 is 0 Å². The number of rotatable bonds is 4. The molecule has 1 amide bonds. The number of amides is 1. The minimum atomic E-state index is -0.0629. The van der Waals surface area contributed by atoms with E-state index in [2.05, 4.69) is 21.2 Å². The van der Waals surface area contributed by atoms with Crippen LogP contribution < -0.4 is 5.32 Å². The SMILES string of the molecule is CC(Cc1cccc(Cl)c1)NC(=O)c1ccc(Br)cc1. The fourth-order valence-corrected chi connectivity index (χ4v) is 2.45. The zero-order valence-corrected chi connectivity index (χ0v) is 13.4. The first-order valence-electron chi connectivity index (χ1n) is 6.35. The second kappa shape index (κ2) is 6.91. The molecule has 2 rings (SSSR count). The van der Waals surface area contributed by atoms with Crippen LogP contribution in [0, 0.1) is 0 Å². The van der Waals surface area contributed by atoms with Crippen molar-refractivity contribution >= 4 is 33.4 Å². The van der Waals surface area contributed by atoms with Crippen LogP contribution in [0.15, 0.2) is 53.0 Å². The molecule has 1 unspecified atom stereocenters. The van der Waals surface area contributed by atoms with Gasteiger partial charge in [0.1, 0.15) is 0 Å². The first kappa shape index (κ1) is 15.1. The van der Waals surface area contributed by atoms with Gasteiger partial charge in [0.2, 0.25) is 0 Å². The molecular weight excluding hydrogens is 338 g/mol. The molecule has 0 radical (unpaired) electrons. The zero-order chi connectivity index (χ0) is 14.5. The summed E-state index contributed by atoms with van der Waals surface area (Å²) in [4.78, 5) is 12.1. The van der Waals surface area contributed by atoms with Gasteiger partial charge in [-0.15, -0.1) is 0 Å². The Balaban J connectivity index is 1.95. The summed E-state index contributed by atoms with van der Waals surface area (Å²) in [6, 6.07) is 15.0. The van der Waals surface area contributed by atoms with E-state index < -0.39 is 0 Å². The van der Waals surface area contributed by atoms with Crippen LogP contribution >= 0.6 is 27.5 Å². The maximum Gasteiger partial charge on any atom is 0.251 e. The molecule has 0 heterocycles. The Kier molecular flexibility index (Phi) is 5.21. The molecule has 2 nitrogen and oxygen atoms in total. The standard InChI is InChI=1S/C16H15BrClNO/c1-11(9-12-3-2-4-15(18)10-12)19-16(20)13-5-7-14(17)8-6-13/h2-8,10-11H,9H2,1H3,(H,19,20). The Hall–Kier alpha value is -1.32. The van der Waals surface area contributed by atoms with Gasteiger partial charge in [0.15, 0.2) is 0 Å². The van der Waals surface area contributed by atoms with Crippen molar-refractivity contribution < 1.29 is 4.79 Å². The van der Waals surface area contributed by atoms with Gasteiger partial charge in [-0.2, -0.15) is 0 Å². The molecule has 0 fully saturated rings. The highest BCUT2D eigenvalue weighted by atomic mass is 79.9. The number of hydrogen-bond acceptors (Lipinski definition) is 1. The lowest BCUT2D eigenvalue weighted by Gasteiger charge is -2.14. The van der Waals surface area contributed by atoms with Crippen LogP contribution in [-0.4, -0.2) is 11.9 Å².